The van der Waals surface area contributed by atoms with Crippen molar-refractivity contribution >= 4 is 18.8 Å². The zero-order chi connectivity index (χ0) is 12.5. The van der Waals surface area contributed by atoms with Crippen LogP contribution in [0.2, 0.25) is 6.32 Å². The van der Waals surface area contributed by atoms with Gasteiger partial charge in [0.15, 0.2) is 0 Å². The molecule has 4 heteroatoms. The predicted molar refractivity (Wildman–Crippen MR) is 72.5 cm³/mol. The number of benzene rings is 1. The molecule has 1 aromatic carbocycles. The molecule has 2 N–H and O–H groups in total. The summed E-state index contributed by atoms with van der Waals surface area (Å²) in [5, 5.41) is 0. The van der Waals surface area contributed by atoms with Crippen molar-refractivity contribution < 1.29 is 9.53 Å². The smallest absolute Gasteiger partial charge is 0.260 e. The van der Waals surface area contributed by atoms with Crippen LogP contribution in [0.4, 0.5) is 10.5 Å². The zero-order valence-electron chi connectivity index (χ0n) is 10.4. The van der Waals surface area contributed by atoms with E-state index in [9.17, 15) is 4.79 Å². The Morgan fingerprint density at radius 2 is 2.00 bits per heavy atom. The van der Waals surface area contributed by atoms with Crippen LogP contribution in [0.25, 0.3) is 0 Å². The van der Waals surface area contributed by atoms with Crippen LogP contribution in [-0.4, -0.2) is 13.1 Å². The lowest BCUT2D eigenvalue weighted by molar-refractivity contribution is 0.166. The first kappa shape index (κ1) is 13.6. The predicted octanol–water partition coefficient (Wildman–Crippen LogP) is 2.95. The van der Waals surface area contributed by atoms with Crippen LogP contribution in [0.5, 0.6) is 0 Å². The van der Waals surface area contributed by atoms with Gasteiger partial charge in [0.2, 0.25) is 5.87 Å². The summed E-state index contributed by atoms with van der Waals surface area (Å²) in [5.41, 5.74) is 7.26. The standard InChI is InChI=1S/C13H20BNO2/c1-2-3-4-9-14-13(16)17-10-11-5-7-12(15)8-6-11/h5-8,14H,2-4,9-10,15H2,1H3. The molecule has 1 aromatic rings. The molecule has 0 aromatic heterocycles. The molecule has 0 fully saturated rings. The lowest BCUT2D eigenvalue weighted by Gasteiger charge is -2.04. The van der Waals surface area contributed by atoms with Crippen LogP contribution in [0.1, 0.15) is 31.7 Å². The average Bonchev–Trinajstić information content (AvgIpc) is 2.34. The maximum Gasteiger partial charge on any atom is 0.260 e. The summed E-state index contributed by atoms with van der Waals surface area (Å²) in [6, 6.07) is 7.37. The average molecular weight is 233 g/mol. The molecule has 0 saturated carbocycles. The number of carbonyl (C=O) groups is 1. The molecular weight excluding hydrogens is 213 g/mol. The Morgan fingerprint density at radius 3 is 2.65 bits per heavy atom. The Balaban J connectivity index is 2.17. The fourth-order valence-electron chi connectivity index (χ4n) is 1.55. The van der Waals surface area contributed by atoms with Crippen LogP contribution in [0.3, 0.4) is 0 Å². The molecule has 92 valence electrons. The van der Waals surface area contributed by atoms with Gasteiger partial charge >= 0.3 is 0 Å². The van der Waals surface area contributed by atoms with Gasteiger partial charge in [-0.3, -0.25) is 4.79 Å². The normalized spacial score (nSPS) is 9.94. The van der Waals surface area contributed by atoms with Gasteiger partial charge in [-0.05, 0) is 17.7 Å². The third-order valence-corrected chi connectivity index (χ3v) is 2.61. The molecule has 0 radical (unpaired) electrons. The number of nitrogens with two attached hydrogens (primary N) is 1. The fourth-order valence-corrected chi connectivity index (χ4v) is 1.55. The Morgan fingerprint density at radius 1 is 1.29 bits per heavy atom. The molecule has 1 rings (SSSR count). The fraction of sp³-hybridized carbons (Fsp3) is 0.462. The van der Waals surface area contributed by atoms with E-state index >= 15 is 0 Å². The summed E-state index contributed by atoms with van der Waals surface area (Å²) in [4.78, 5) is 11.4. The van der Waals surface area contributed by atoms with Crippen molar-refractivity contribution in [2.75, 3.05) is 5.73 Å². The molecular formula is C13H20BNO2. The van der Waals surface area contributed by atoms with Gasteiger partial charge in [-0.1, -0.05) is 44.6 Å². The highest BCUT2D eigenvalue weighted by atomic mass is 16.5. The first-order valence-electron chi connectivity index (χ1n) is 6.22. The number of carbonyl (C=O) groups excluding carboxylic acids is 1. The van der Waals surface area contributed by atoms with E-state index in [1.807, 2.05) is 24.3 Å². The van der Waals surface area contributed by atoms with Gasteiger partial charge in [-0.25, -0.2) is 0 Å². The number of hydrogen-bond donors (Lipinski definition) is 1. The van der Waals surface area contributed by atoms with Crippen molar-refractivity contribution in [1.82, 2.24) is 0 Å². The zero-order valence-corrected chi connectivity index (χ0v) is 10.4. The Kier molecular flexibility index (Phi) is 6.22. The minimum Gasteiger partial charge on any atom is -0.469 e. The van der Waals surface area contributed by atoms with Gasteiger partial charge in [0.1, 0.15) is 6.61 Å². The second-order valence-corrected chi connectivity index (χ2v) is 4.21. The lowest BCUT2D eigenvalue weighted by Crippen LogP contribution is -2.10. The van der Waals surface area contributed by atoms with Crippen LogP contribution >= 0.6 is 0 Å². The van der Waals surface area contributed by atoms with Crippen LogP contribution in [0, 0.1) is 0 Å². The number of anilines is 1. The van der Waals surface area contributed by atoms with E-state index < -0.39 is 0 Å². The molecule has 17 heavy (non-hydrogen) atoms. The van der Waals surface area contributed by atoms with Gasteiger partial charge in [0, 0.05) is 5.69 Å². The van der Waals surface area contributed by atoms with Gasteiger partial charge in [0.25, 0.3) is 7.28 Å². The van der Waals surface area contributed by atoms with Crippen molar-refractivity contribution in [3.8, 4) is 0 Å². The van der Waals surface area contributed by atoms with Gasteiger partial charge in [-0.15, -0.1) is 0 Å². The Bertz CT molecular complexity index is 338. The second-order valence-electron chi connectivity index (χ2n) is 4.21. The SMILES string of the molecule is CCCCCBC(=O)OCc1ccc(N)cc1. The molecule has 0 saturated heterocycles. The number of hydrogen-bond acceptors (Lipinski definition) is 3. The topological polar surface area (TPSA) is 52.3 Å². The van der Waals surface area contributed by atoms with Gasteiger partial charge in [0.05, 0.1) is 0 Å². The summed E-state index contributed by atoms with van der Waals surface area (Å²) >= 11 is 0. The molecule has 0 aliphatic carbocycles. The molecule has 0 aliphatic heterocycles. The van der Waals surface area contributed by atoms with E-state index in [1.165, 1.54) is 12.8 Å². The van der Waals surface area contributed by atoms with E-state index in [4.69, 9.17) is 10.5 Å². The molecule has 0 unspecified atom stereocenters. The van der Waals surface area contributed by atoms with Gasteiger partial charge in [-0.2, -0.15) is 0 Å². The third-order valence-electron chi connectivity index (χ3n) is 2.61. The second kappa shape index (κ2) is 7.77. The van der Waals surface area contributed by atoms with Crippen molar-refractivity contribution in [1.29, 1.82) is 0 Å². The number of rotatable bonds is 7. The van der Waals surface area contributed by atoms with E-state index in [2.05, 4.69) is 6.92 Å². The molecule has 0 heterocycles. The van der Waals surface area contributed by atoms with Crippen molar-refractivity contribution in [2.24, 2.45) is 0 Å². The molecule has 0 spiro atoms. The third kappa shape index (κ3) is 6.00. The highest BCUT2D eigenvalue weighted by Crippen LogP contribution is 2.07. The minimum absolute atomic E-state index is 0.113. The molecule has 0 atom stereocenters. The maximum atomic E-state index is 11.4. The van der Waals surface area contributed by atoms with Crippen LogP contribution in [-0.2, 0) is 11.3 Å². The summed E-state index contributed by atoms with van der Waals surface area (Å²) < 4.78 is 5.17. The maximum absolute atomic E-state index is 11.4. The number of nitrogen functional groups attached to an aromatic ring is 1. The van der Waals surface area contributed by atoms with Crippen molar-refractivity contribution in [3.05, 3.63) is 29.8 Å². The molecule has 0 aliphatic rings. The van der Waals surface area contributed by atoms with Crippen LogP contribution < -0.4 is 5.73 Å². The highest BCUT2D eigenvalue weighted by molar-refractivity contribution is 6.71. The summed E-state index contributed by atoms with van der Waals surface area (Å²) in [7, 11) is 0.523. The molecule has 3 nitrogen and oxygen atoms in total. The molecule has 0 bridgehead atoms. The first-order valence-corrected chi connectivity index (χ1v) is 6.22. The first-order chi connectivity index (χ1) is 8.22. The summed E-state index contributed by atoms with van der Waals surface area (Å²) in [5.74, 6) is -0.113. The monoisotopic (exact) mass is 233 g/mol. The van der Waals surface area contributed by atoms with E-state index in [0.717, 1.165) is 24.0 Å². The number of ether oxygens (including phenoxy) is 1. The molecule has 0 amide bonds. The van der Waals surface area contributed by atoms with Crippen molar-refractivity contribution in [3.63, 3.8) is 0 Å². The van der Waals surface area contributed by atoms with E-state index in [0.29, 0.717) is 13.9 Å². The number of unbranched alkanes of at least 4 members (excludes halogenated alkanes) is 2. The minimum atomic E-state index is -0.113. The lowest BCUT2D eigenvalue weighted by atomic mass is 9.73. The highest BCUT2D eigenvalue weighted by Gasteiger charge is 2.05. The van der Waals surface area contributed by atoms with Gasteiger partial charge < -0.3 is 10.5 Å². The largest absolute Gasteiger partial charge is 0.469 e. The summed E-state index contributed by atoms with van der Waals surface area (Å²) in [6.07, 6.45) is 4.40. The Labute approximate surface area is 104 Å². The van der Waals surface area contributed by atoms with Crippen LogP contribution in [0.15, 0.2) is 24.3 Å². The van der Waals surface area contributed by atoms with E-state index in [-0.39, 0.29) is 5.87 Å². The summed E-state index contributed by atoms with van der Waals surface area (Å²) in [6.45, 7) is 2.49. The quantitative estimate of drug-likeness (QED) is 0.447. The van der Waals surface area contributed by atoms with Crippen molar-refractivity contribution in [2.45, 2.75) is 39.1 Å². The van der Waals surface area contributed by atoms with E-state index in [1.54, 1.807) is 0 Å². The Hall–Kier alpha value is -1.45.